The molecule has 0 aliphatic carbocycles. The number of aryl methyl sites for hydroxylation is 4. The van der Waals surface area contributed by atoms with E-state index in [2.05, 4.69) is 62.0 Å². The number of rotatable bonds is 5. The van der Waals surface area contributed by atoms with E-state index < -0.39 is 0 Å². The molecule has 3 heterocycles. The lowest BCUT2D eigenvalue weighted by Crippen LogP contribution is -2.18. The first-order valence-electron chi connectivity index (χ1n) is 9.06. The van der Waals surface area contributed by atoms with Crippen molar-refractivity contribution in [1.29, 1.82) is 0 Å². The van der Waals surface area contributed by atoms with Crippen LogP contribution in [0.4, 0.5) is 0 Å². The molecule has 5 nitrogen and oxygen atoms in total. The number of aromatic amines is 1. The van der Waals surface area contributed by atoms with Gasteiger partial charge in [-0.3, -0.25) is 4.90 Å². The number of imidazole rings is 1. The molecule has 0 amide bonds. The Morgan fingerprint density at radius 3 is 2.56 bits per heavy atom. The Kier molecular flexibility index (Phi) is 4.61. The molecule has 0 saturated heterocycles. The molecule has 4 rings (SSSR count). The molecule has 0 aliphatic rings. The second kappa shape index (κ2) is 6.94. The number of H-pyrrole nitrogens is 1. The molecule has 0 fully saturated rings. The van der Waals surface area contributed by atoms with Crippen LogP contribution in [-0.4, -0.2) is 26.9 Å². The standard InChI is InChI=1S/C21H24N4OS/c1-12-8-16-17(9-13(12)2)23-20(22-16)11-25(5)10-18-15(4)26-21(24-18)19-7-6-14(3)27-19/h6-9H,10-11H2,1-5H3,(H,22,23). The van der Waals surface area contributed by atoms with Gasteiger partial charge < -0.3 is 9.40 Å². The Hall–Kier alpha value is -2.44. The zero-order chi connectivity index (χ0) is 19.1. The summed E-state index contributed by atoms with van der Waals surface area (Å²) in [6.45, 7) is 9.76. The van der Waals surface area contributed by atoms with Gasteiger partial charge in [0.15, 0.2) is 0 Å². The molecule has 6 heteroatoms. The van der Waals surface area contributed by atoms with Gasteiger partial charge in [-0.05, 0) is 70.1 Å². The lowest BCUT2D eigenvalue weighted by molar-refractivity contribution is 0.306. The van der Waals surface area contributed by atoms with E-state index in [1.807, 2.05) is 6.92 Å². The highest BCUT2D eigenvalue weighted by molar-refractivity contribution is 7.15. The summed E-state index contributed by atoms with van der Waals surface area (Å²) in [5, 5.41) is 0. The van der Waals surface area contributed by atoms with Crippen LogP contribution in [0.3, 0.4) is 0 Å². The van der Waals surface area contributed by atoms with Gasteiger partial charge in [0.1, 0.15) is 11.6 Å². The van der Waals surface area contributed by atoms with E-state index in [9.17, 15) is 0 Å². The zero-order valence-corrected chi connectivity index (χ0v) is 17.2. The fraction of sp³-hybridized carbons (Fsp3) is 0.333. The molecular weight excluding hydrogens is 356 g/mol. The van der Waals surface area contributed by atoms with Crippen molar-refractivity contribution in [3.8, 4) is 10.8 Å². The Labute approximate surface area is 163 Å². The predicted octanol–water partition coefficient (Wildman–Crippen LogP) is 5.15. The van der Waals surface area contributed by atoms with Crippen molar-refractivity contribution in [2.45, 2.75) is 40.8 Å². The SMILES string of the molecule is Cc1ccc(-c2nc(CN(C)Cc3nc4cc(C)c(C)cc4[nH]3)c(C)o2)s1. The Bertz CT molecular complexity index is 1070. The molecule has 1 N–H and O–H groups in total. The summed E-state index contributed by atoms with van der Waals surface area (Å²) in [6, 6.07) is 8.47. The van der Waals surface area contributed by atoms with E-state index in [1.54, 1.807) is 11.3 Å². The van der Waals surface area contributed by atoms with Crippen molar-refractivity contribution in [3.63, 3.8) is 0 Å². The molecule has 140 valence electrons. The van der Waals surface area contributed by atoms with Crippen molar-refractivity contribution in [2.75, 3.05) is 7.05 Å². The number of nitrogens with one attached hydrogen (secondary N) is 1. The number of fused-ring (bicyclic) bond motifs is 1. The number of nitrogens with zero attached hydrogens (tertiary/aromatic N) is 3. The van der Waals surface area contributed by atoms with Crippen LogP contribution < -0.4 is 0 Å². The lowest BCUT2D eigenvalue weighted by Gasteiger charge is -2.13. The van der Waals surface area contributed by atoms with Gasteiger partial charge in [0.25, 0.3) is 0 Å². The molecule has 0 aliphatic heterocycles. The third-order valence-corrected chi connectivity index (χ3v) is 5.82. The minimum Gasteiger partial charge on any atom is -0.440 e. The monoisotopic (exact) mass is 380 g/mol. The molecule has 4 aromatic rings. The van der Waals surface area contributed by atoms with Crippen LogP contribution in [0.5, 0.6) is 0 Å². The molecule has 1 aromatic carbocycles. The largest absolute Gasteiger partial charge is 0.440 e. The molecule has 0 spiro atoms. The molecule has 27 heavy (non-hydrogen) atoms. The average Bonchev–Trinajstić information content (AvgIpc) is 3.28. The zero-order valence-electron chi connectivity index (χ0n) is 16.4. The van der Waals surface area contributed by atoms with Crippen molar-refractivity contribution in [1.82, 2.24) is 19.9 Å². The maximum Gasteiger partial charge on any atom is 0.236 e. The molecule has 0 saturated carbocycles. The minimum atomic E-state index is 0.712. The quantitative estimate of drug-likeness (QED) is 0.520. The Balaban J connectivity index is 1.49. The van der Waals surface area contributed by atoms with Crippen LogP contribution in [0.1, 0.15) is 33.3 Å². The second-order valence-electron chi connectivity index (χ2n) is 7.24. The number of oxazole rings is 1. The van der Waals surface area contributed by atoms with Gasteiger partial charge in [-0.2, -0.15) is 0 Å². The molecule has 0 atom stereocenters. The van der Waals surface area contributed by atoms with E-state index >= 15 is 0 Å². The van der Waals surface area contributed by atoms with Crippen molar-refractivity contribution in [3.05, 3.63) is 57.5 Å². The van der Waals surface area contributed by atoms with E-state index in [0.29, 0.717) is 5.89 Å². The lowest BCUT2D eigenvalue weighted by atomic mass is 10.1. The predicted molar refractivity (Wildman–Crippen MR) is 110 cm³/mol. The summed E-state index contributed by atoms with van der Waals surface area (Å²) in [5.74, 6) is 2.55. The van der Waals surface area contributed by atoms with Gasteiger partial charge in [-0.1, -0.05) is 0 Å². The normalized spacial score (nSPS) is 11.8. The maximum atomic E-state index is 5.89. The van der Waals surface area contributed by atoms with E-state index in [4.69, 9.17) is 14.4 Å². The second-order valence-corrected chi connectivity index (χ2v) is 8.53. The number of aromatic nitrogens is 3. The summed E-state index contributed by atoms with van der Waals surface area (Å²) in [6.07, 6.45) is 0. The summed E-state index contributed by atoms with van der Waals surface area (Å²) in [4.78, 5) is 17.4. The summed E-state index contributed by atoms with van der Waals surface area (Å²) in [5.41, 5.74) is 5.63. The number of hydrogen-bond acceptors (Lipinski definition) is 5. The van der Waals surface area contributed by atoms with Gasteiger partial charge in [-0.25, -0.2) is 9.97 Å². The maximum absolute atomic E-state index is 5.89. The van der Waals surface area contributed by atoms with E-state index in [1.165, 1.54) is 16.0 Å². The fourth-order valence-electron chi connectivity index (χ4n) is 3.19. The van der Waals surface area contributed by atoms with Crippen molar-refractivity contribution < 1.29 is 4.42 Å². The van der Waals surface area contributed by atoms with Crippen LogP contribution in [0.15, 0.2) is 28.7 Å². The highest BCUT2D eigenvalue weighted by Crippen LogP contribution is 2.29. The van der Waals surface area contributed by atoms with Gasteiger partial charge >= 0.3 is 0 Å². The smallest absolute Gasteiger partial charge is 0.236 e. The summed E-state index contributed by atoms with van der Waals surface area (Å²) in [7, 11) is 2.08. The van der Waals surface area contributed by atoms with Crippen LogP contribution in [0, 0.1) is 27.7 Å². The average molecular weight is 381 g/mol. The molecule has 0 unspecified atom stereocenters. The highest BCUT2D eigenvalue weighted by Gasteiger charge is 2.15. The van der Waals surface area contributed by atoms with Gasteiger partial charge in [0.05, 0.1) is 28.1 Å². The minimum absolute atomic E-state index is 0.712. The first kappa shape index (κ1) is 17.9. The Morgan fingerprint density at radius 1 is 1.04 bits per heavy atom. The third-order valence-electron chi connectivity index (χ3n) is 4.83. The van der Waals surface area contributed by atoms with Crippen molar-refractivity contribution >= 4 is 22.4 Å². The highest BCUT2D eigenvalue weighted by atomic mass is 32.1. The van der Waals surface area contributed by atoms with Crippen LogP contribution in [0.25, 0.3) is 21.8 Å². The van der Waals surface area contributed by atoms with Crippen LogP contribution in [0.2, 0.25) is 0 Å². The molecule has 3 aromatic heterocycles. The first-order chi connectivity index (χ1) is 12.9. The number of thiophene rings is 1. The van der Waals surface area contributed by atoms with Gasteiger partial charge in [-0.15, -0.1) is 11.3 Å². The topological polar surface area (TPSA) is 58.0 Å². The van der Waals surface area contributed by atoms with E-state index in [-0.39, 0.29) is 0 Å². The summed E-state index contributed by atoms with van der Waals surface area (Å²) < 4.78 is 5.89. The van der Waals surface area contributed by atoms with Crippen LogP contribution >= 0.6 is 11.3 Å². The third kappa shape index (κ3) is 3.68. The fourth-order valence-corrected chi connectivity index (χ4v) is 3.99. The van der Waals surface area contributed by atoms with Crippen molar-refractivity contribution in [2.24, 2.45) is 0 Å². The van der Waals surface area contributed by atoms with Gasteiger partial charge in [0.2, 0.25) is 5.89 Å². The van der Waals surface area contributed by atoms with Gasteiger partial charge in [0, 0.05) is 11.4 Å². The number of benzene rings is 1. The molecule has 0 radical (unpaired) electrons. The molecule has 0 bridgehead atoms. The first-order valence-corrected chi connectivity index (χ1v) is 9.88. The van der Waals surface area contributed by atoms with E-state index in [0.717, 1.165) is 46.3 Å². The Morgan fingerprint density at radius 2 is 1.81 bits per heavy atom. The van der Waals surface area contributed by atoms with Crippen LogP contribution in [-0.2, 0) is 13.1 Å². The molecular formula is C21H24N4OS. The summed E-state index contributed by atoms with van der Waals surface area (Å²) >= 11 is 1.70. The number of hydrogen-bond donors (Lipinski definition) is 1.